The minimum atomic E-state index is -2.34. The Bertz CT molecular complexity index is 99.1. The van der Waals surface area contributed by atoms with Gasteiger partial charge in [0.15, 0.2) is 0 Å². The van der Waals surface area contributed by atoms with Gasteiger partial charge in [0.05, 0.1) is 0 Å². The fraction of sp³-hybridized carbons (Fsp3) is 1.00. The highest BCUT2D eigenvalue weighted by molar-refractivity contribution is 4.82. The van der Waals surface area contributed by atoms with Crippen LogP contribution in [-0.2, 0) is 0 Å². The van der Waals surface area contributed by atoms with Crippen LogP contribution in [0.2, 0.25) is 0 Å². The van der Waals surface area contributed by atoms with Crippen molar-refractivity contribution >= 4 is 0 Å². The molecule has 0 aromatic heterocycles. The van der Waals surface area contributed by atoms with Crippen LogP contribution in [0.25, 0.3) is 0 Å². The van der Waals surface area contributed by atoms with Gasteiger partial charge < -0.3 is 0 Å². The van der Waals surface area contributed by atoms with Crippen LogP contribution >= 0.6 is 0 Å². The summed E-state index contributed by atoms with van der Waals surface area (Å²) in [7, 11) is 0. The molecule has 9 heavy (non-hydrogen) atoms. The van der Waals surface area contributed by atoms with E-state index in [1.165, 1.54) is 0 Å². The van der Waals surface area contributed by atoms with Crippen molar-refractivity contribution in [3.05, 3.63) is 0 Å². The van der Waals surface area contributed by atoms with Crippen LogP contribution < -0.4 is 0 Å². The topological polar surface area (TPSA) is 0 Å². The standard InChI is InChI=1S/C7H12F2/c1-2-6-4-3-5-7(6,8)9/h6H,2-5H2,1H3/t6-/m0/s1. The molecule has 2 heteroatoms. The zero-order valence-electron chi connectivity index (χ0n) is 5.66. The number of alkyl halides is 2. The van der Waals surface area contributed by atoms with Crippen molar-refractivity contribution < 1.29 is 8.78 Å². The second kappa shape index (κ2) is 2.24. The molecule has 0 spiro atoms. The Labute approximate surface area is 54.3 Å². The van der Waals surface area contributed by atoms with E-state index < -0.39 is 5.92 Å². The fourth-order valence-corrected chi connectivity index (χ4v) is 1.50. The quantitative estimate of drug-likeness (QED) is 0.517. The Kier molecular flexibility index (Phi) is 1.73. The molecule has 0 N–H and O–H groups in total. The van der Waals surface area contributed by atoms with E-state index in [1.807, 2.05) is 6.92 Å². The molecule has 1 aliphatic carbocycles. The summed E-state index contributed by atoms with van der Waals surface area (Å²) in [6.07, 6.45) is 2.19. The fourth-order valence-electron chi connectivity index (χ4n) is 1.50. The SMILES string of the molecule is CC[C@H]1CCCC1(F)F. The van der Waals surface area contributed by atoms with Crippen molar-refractivity contribution in [3.8, 4) is 0 Å². The minimum absolute atomic E-state index is 0.117. The Morgan fingerprint density at radius 1 is 1.56 bits per heavy atom. The highest BCUT2D eigenvalue weighted by Crippen LogP contribution is 2.41. The lowest BCUT2D eigenvalue weighted by molar-refractivity contribution is -0.0377. The summed E-state index contributed by atoms with van der Waals surface area (Å²) >= 11 is 0. The molecule has 0 nitrogen and oxygen atoms in total. The molecule has 1 aliphatic rings. The van der Waals surface area contributed by atoms with Crippen LogP contribution in [0.4, 0.5) is 8.78 Å². The normalized spacial score (nSPS) is 33.0. The molecule has 1 rings (SSSR count). The van der Waals surface area contributed by atoms with Crippen molar-refractivity contribution in [1.82, 2.24) is 0 Å². The van der Waals surface area contributed by atoms with E-state index in [0.717, 1.165) is 6.42 Å². The Morgan fingerprint density at radius 3 is 2.44 bits per heavy atom. The smallest absolute Gasteiger partial charge is 0.207 e. The summed E-state index contributed by atoms with van der Waals surface area (Å²) in [5.41, 5.74) is 0. The Balaban J connectivity index is 2.52. The van der Waals surface area contributed by atoms with E-state index in [2.05, 4.69) is 0 Å². The van der Waals surface area contributed by atoms with Gasteiger partial charge in [-0.05, 0) is 19.3 Å². The maximum absolute atomic E-state index is 12.6. The van der Waals surface area contributed by atoms with Crippen LogP contribution in [-0.4, -0.2) is 5.92 Å². The van der Waals surface area contributed by atoms with Crippen molar-refractivity contribution in [1.29, 1.82) is 0 Å². The van der Waals surface area contributed by atoms with Gasteiger partial charge in [-0.3, -0.25) is 0 Å². The van der Waals surface area contributed by atoms with Gasteiger partial charge in [-0.25, -0.2) is 8.78 Å². The van der Waals surface area contributed by atoms with Gasteiger partial charge in [0.25, 0.3) is 5.92 Å². The maximum atomic E-state index is 12.6. The van der Waals surface area contributed by atoms with E-state index in [4.69, 9.17) is 0 Å². The van der Waals surface area contributed by atoms with Gasteiger partial charge in [-0.15, -0.1) is 0 Å². The molecule has 0 radical (unpaired) electrons. The Morgan fingerprint density at radius 2 is 2.22 bits per heavy atom. The summed E-state index contributed by atoms with van der Waals surface area (Å²) in [5.74, 6) is -2.66. The van der Waals surface area contributed by atoms with Crippen molar-refractivity contribution in [2.24, 2.45) is 5.92 Å². The maximum Gasteiger partial charge on any atom is 0.250 e. The number of rotatable bonds is 1. The third-order valence-electron chi connectivity index (χ3n) is 2.15. The Hall–Kier alpha value is -0.140. The minimum Gasteiger partial charge on any atom is -0.207 e. The van der Waals surface area contributed by atoms with E-state index in [1.54, 1.807) is 0 Å². The lowest BCUT2D eigenvalue weighted by atomic mass is 10.0. The average Bonchev–Trinajstić information content (AvgIpc) is 2.08. The summed E-state index contributed by atoms with van der Waals surface area (Å²) in [6, 6.07) is 0. The molecule has 1 atom stereocenters. The molecule has 0 aromatic carbocycles. The van der Waals surface area contributed by atoms with Gasteiger partial charge in [0.1, 0.15) is 0 Å². The molecule has 54 valence electrons. The molecule has 0 heterocycles. The molecule has 0 saturated heterocycles. The molecule has 0 aromatic rings. The number of halogens is 2. The van der Waals surface area contributed by atoms with E-state index >= 15 is 0 Å². The van der Waals surface area contributed by atoms with Gasteiger partial charge in [0, 0.05) is 12.3 Å². The van der Waals surface area contributed by atoms with Gasteiger partial charge in [-0.1, -0.05) is 6.92 Å². The summed E-state index contributed by atoms with van der Waals surface area (Å²) in [6.45, 7) is 1.84. The molecule has 0 amide bonds. The third kappa shape index (κ3) is 1.22. The van der Waals surface area contributed by atoms with Gasteiger partial charge in [-0.2, -0.15) is 0 Å². The first-order chi connectivity index (χ1) is 4.17. The molecule has 0 bridgehead atoms. The first-order valence-electron chi connectivity index (χ1n) is 3.54. The van der Waals surface area contributed by atoms with Crippen LogP contribution in [0.5, 0.6) is 0 Å². The monoisotopic (exact) mass is 134 g/mol. The van der Waals surface area contributed by atoms with Crippen LogP contribution in [0.3, 0.4) is 0 Å². The molecular weight excluding hydrogens is 122 g/mol. The molecule has 1 fully saturated rings. The predicted octanol–water partition coefficient (Wildman–Crippen LogP) is 2.83. The number of hydrogen-bond acceptors (Lipinski definition) is 0. The molecule has 0 unspecified atom stereocenters. The summed E-state index contributed by atoms with van der Waals surface area (Å²) < 4.78 is 25.2. The highest BCUT2D eigenvalue weighted by Gasteiger charge is 2.42. The average molecular weight is 134 g/mol. The summed E-state index contributed by atoms with van der Waals surface area (Å²) in [5, 5.41) is 0. The second-order valence-electron chi connectivity index (χ2n) is 2.76. The van der Waals surface area contributed by atoms with E-state index in [0.29, 0.717) is 12.8 Å². The predicted molar refractivity (Wildman–Crippen MR) is 32.6 cm³/mol. The third-order valence-corrected chi connectivity index (χ3v) is 2.15. The molecular formula is C7H12F2. The van der Waals surface area contributed by atoms with E-state index in [9.17, 15) is 8.78 Å². The lowest BCUT2D eigenvalue weighted by Crippen LogP contribution is -2.20. The highest BCUT2D eigenvalue weighted by atomic mass is 19.3. The zero-order valence-corrected chi connectivity index (χ0v) is 5.66. The van der Waals surface area contributed by atoms with Crippen molar-refractivity contribution in [2.75, 3.05) is 0 Å². The zero-order chi connectivity index (χ0) is 6.91. The van der Waals surface area contributed by atoms with Crippen molar-refractivity contribution in [3.63, 3.8) is 0 Å². The van der Waals surface area contributed by atoms with Crippen LogP contribution in [0, 0.1) is 5.92 Å². The number of hydrogen-bond donors (Lipinski definition) is 0. The molecule has 0 aliphatic heterocycles. The second-order valence-corrected chi connectivity index (χ2v) is 2.76. The van der Waals surface area contributed by atoms with Crippen molar-refractivity contribution in [2.45, 2.75) is 38.5 Å². The lowest BCUT2D eigenvalue weighted by Gasteiger charge is -2.15. The van der Waals surface area contributed by atoms with E-state index in [-0.39, 0.29) is 12.3 Å². The first kappa shape index (κ1) is 6.97. The first-order valence-corrected chi connectivity index (χ1v) is 3.54. The summed E-state index contributed by atoms with van der Waals surface area (Å²) in [4.78, 5) is 0. The van der Waals surface area contributed by atoms with Gasteiger partial charge >= 0.3 is 0 Å². The largest absolute Gasteiger partial charge is 0.250 e. The van der Waals surface area contributed by atoms with Crippen LogP contribution in [0.15, 0.2) is 0 Å². The molecule has 1 saturated carbocycles. The van der Waals surface area contributed by atoms with Gasteiger partial charge in [0.2, 0.25) is 0 Å². The van der Waals surface area contributed by atoms with Crippen LogP contribution in [0.1, 0.15) is 32.6 Å².